The predicted octanol–water partition coefficient (Wildman–Crippen LogP) is 3.51. The molecule has 0 aliphatic heterocycles. The van der Waals surface area contributed by atoms with Gasteiger partial charge in [0.25, 0.3) is 5.56 Å². The van der Waals surface area contributed by atoms with E-state index in [9.17, 15) is 22.8 Å². The molecule has 0 unspecified atom stereocenters. The molecule has 0 spiro atoms. The number of pyridine rings is 1. The number of Topliss-reactive ketones (excluding diaryl/α,β-unsaturated/α-hetero) is 1. The van der Waals surface area contributed by atoms with Gasteiger partial charge in [-0.1, -0.05) is 40.2 Å². The van der Waals surface area contributed by atoms with Crippen LogP contribution in [-0.2, 0) is 12.7 Å². The number of nitrogens with zero attached hydrogens (tertiary/aromatic N) is 1. The third kappa shape index (κ3) is 3.41. The molecule has 21 heavy (non-hydrogen) atoms. The summed E-state index contributed by atoms with van der Waals surface area (Å²) in [6, 6.07) is 9.13. The van der Waals surface area contributed by atoms with E-state index in [1.54, 1.807) is 18.2 Å². The van der Waals surface area contributed by atoms with Gasteiger partial charge in [-0.05, 0) is 12.1 Å². The maximum atomic E-state index is 12.9. The molecule has 2 rings (SSSR count). The number of carbonyl (C=O) groups excluding carboxylic acids is 1. The van der Waals surface area contributed by atoms with Crippen molar-refractivity contribution in [1.29, 1.82) is 0 Å². The first-order valence-electron chi connectivity index (χ1n) is 5.85. The van der Waals surface area contributed by atoms with Crippen LogP contribution in [0.1, 0.15) is 16.1 Å². The van der Waals surface area contributed by atoms with Crippen molar-refractivity contribution in [1.82, 2.24) is 4.57 Å². The molecule has 0 atom stereocenters. The lowest BCUT2D eigenvalue weighted by Crippen LogP contribution is -2.30. The second kappa shape index (κ2) is 5.85. The van der Waals surface area contributed by atoms with Crippen molar-refractivity contribution < 1.29 is 18.0 Å². The summed E-state index contributed by atoms with van der Waals surface area (Å²) in [5.41, 5.74) is -1.79. The van der Waals surface area contributed by atoms with Crippen LogP contribution in [0.5, 0.6) is 0 Å². The van der Waals surface area contributed by atoms with E-state index in [1.807, 2.05) is 0 Å². The minimum Gasteiger partial charge on any atom is -0.297 e. The minimum absolute atomic E-state index is 0.223. The van der Waals surface area contributed by atoms with Gasteiger partial charge in [-0.15, -0.1) is 0 Å². The van der Waals surface area contributed by atoms with Crippen LogP contribution in [0, 0.1) is 0 Å². The standard InChI is InChI=1S/C14H9BrF3NO2/c15-10-5-2-1-4-9(10)11(20)8-19-12(14(16,17)18)6-3-7-13(19)21/h1-7H,8H2. The summed E-state index contributed by atoms with van der Waals surface area (Å²) in [6.45, 7) is -0.670. The Labute approximate surface area is 126 Å². The van der Waals surface area contributed by atoms with Crippen molar-refractivity contribution in [3.05, 3.63) is 68.5 Å². The number of benzene rings is 1. The lowest BCUT2D eigenvalue weighted by Gasteiger charge is -2.14. The zero-order valence-electron chi connectivity index (χ0n) is 10.5. The Balaban J connectivity index is 2.43. The number of rotatable bonds is 3. The first-order chi connectivity index (χ1) is 9.80. The van der Waals surface area contributed by atoms with Crippen molar-refractivity contribution in [2.45, 2.75) is 12.7 Å². The molecule has 0 aliphatic rings. The Hall–Kier alpha value is -1.89. The van der Waals surface area contributed by atoms with Crippen LogP contribution in [0.25, 0.3) is 0 Å². The molecule has 1 aromatic carbocycles. The second-order valence-corrected chi connectivity index (χ2v) is 5.09. The van der Waals surface area contributed by atoms with Crippen LogP contribution in [0.15, 0.2) is 51.7 Å². The second-order valence-electron chi connectivity index (χ2n) is 4.24. The minimum atomic E-state index is -4.70. The van der Waals surface area contributed by atoms with E-state index in [-0.39, 0.29) is 5.56 Å². The molecule has 2 aromatic rings. The molecule has 1 heterocycles. The number of alkyl halides is 3. The average Bonchev–Trinajstić information content (AvgIpc) is 2.40. The van der Waals surface area contributed by atoms with E-state index < -0.39 is 29.8 Å². The molecule has 0 aliphatic carbocycles. The highest BCUT2D eigenvalue weighted by Gasteiger charge is 2.34. The largest absolute Gasteiger partial charge is 0.431 e. The molecule has 0 N–H and O–H groups in total. The molecule has 0 saturated carbocycles. The van der Waals surface area contributed by atoms with Crippen LogP contribution in [-0.4, -0.2) is 10.4 Å². The SMILES string of the molecule is O=C(Cn1c(C(F)(F)F)cccc1=O)c1ccccc1Br. The molecule has 1 aromatic heterocycles. The average molecular weight is 360 g/mol. The van der Waals surface area contributed by atoms with E-state index in [0.29, 0.717) is 9.04 Å². The van der Waals surface area contributed by atoms with Crippen molar-refractivity contribution in [2.75, 3.05) is 0 Å². The maximum Gasteiger partial charge on any atom is 0.431 e. The van der Waals surface area contributed by atoms with Gasteiger partial charge in [-0.3, -0.25) is 14.2 Å². The molecule has 7 heteroatoms. The van der Waals surface area contributed by atoms with Gasteiger partial charge in [0.15, 0.2) is 5.78 Å². The maximum absolute atomic E-state index is 12.9. The third-order valence-electron chi connectivity index (χ3n) is 2.82. The van der Waals surface area contributed by atoms with Crippen LogP contribution >= 0.6 is 15.9 Å². The Kier molecular flexibility index (Phi) is 4.32. The van der Waals surface area contributed by atoms with Gasteiger partial charge >= 0.3 is 6.18 Å². The van der Waals surface area contributed by atoms with Gasteiger partial charge in [-0.25, -0.2) is 0 Å². The number of carbonyl (C=O) groups is 1. The highest BCUT2D eigenvalue weighted by molar-refractivity contribution is 9.10. The highest BCUT2D eigenvalue weighted by atomic mass is 79.9. The Morgan fingerprint density at radius 3 is 2.38 bits per heavy atom. The van der Waals surface area contributed by atoms with Crippen LogP contribution in [0.2, 0.25) is 0 Å². The van der Waals surface area contributed by atoms with E-state index in [1.165, 1.54) is 6.07 Å². The Bertz CT molecular complexity index is 737. The van der Waals surface area contributed by atoms with Crippen LogP contribution in [0.3, 0.4) is 0 Å². The van der Waals surface area contributed by atoms with Gasteiger partial charge in [-0.2, -0.15) is 13.2 Å². The van der Waals surface area contributed by atoms with Crippen LogP contribution in [0.4, 0.5) is 13.2 Å². The van der Waals surface area contributed by atoms with Crippen molar-refractivity contribution in [2.24, 2.45) is 0 Å². The number of halogens is 4. The molecule has 110 valence electrons. The summed E-state index contributed by atoms with van der Waals surface area (Å²) in [4.78, 5) is 23.7. The van der Waals surface area contributed by atoms with Gasteiger partial charge in [0.2, 0.25) is 0 Å². The van der Waals surface area contributed by atoms with E-state index in [2.05, 4.69) is 15.9 Å². The summed E-state index contributed by atoms with van der Waals surface area (Å²) in [5.74, 6) is -0.582. The third-order valence-corrected chi connectivity index (χ3v) is 3.51. The smallest absolute Gasteiger partial charge is 0.297 e. The first kappa shape index (κ1) is 15.5. The number of aromatic nitrogens is 1. The van der Waals surface area contributed by atoms with Crippen molar-refractivity contribution >= 4 is 21.7 Å². The fraction of sp³-hybridized carbons (Fsp3) is 0.143. The first-order valence-corrected chi connectivity index (χ1v) is 6.65. The normalized spacial score (nSPS) is 11.4. The number of hydrogen-bond acceptors (Lipinski definition) is 2. The van der Waals surface area contributed by atoms with E-state index in [4.69, 9.17) is 0 Å². The van der Waals surface area contributed by atoms with Gasteiger partial charge < -0.3 is 0 Å². The fourth-order valence-electron chi connectivity index (χ4n) is 1.85. The highest BCUT2D eigenvalue weighted by Crippen LogP contribution is 2.28. The summed E-state index contributed by atoms with van der Waals surface area (Å²) in [6.07, 6.45) is -4.70. The van der Waals surface area contributed by atoms with Gasteiger partial charge in [0.1, 0.15) is 5.69 Å². The van der Waals surface area contributed by atoms with Gasteiger partial charge in [0, 0.05) is 16.1 Å². The molecule has 0 bridgehead atoms. The molecular formula is C14H9BrF3NO2. The fourth-order valence-corrected chi connectivity index (χ4v) is 2.35. The van der Waals surface area contributed by atoms with Crippen molar-refractivity contribution in [3.63, 3.8) is 0 Å². The zero-order chi connectivity index (χ0) is 15.6. The van der Waals surface area contributed by atoms with Crippen LogP contribution < -0.4 is 5.56 Å². The lowest BCUT2D eigenvalue weighted by atomic mass is 10.1. The van der Waals surface area contributed by atoms with Gasteiger partial charge in [0.05, 0.1) is 6.54 Å². The summed E-state index contributed by atoms with van der Waals surface area (Å²) < 4.78 is 39.5. The van der Waals surface area contributed by atoms with E-state index in [0.717, 1.165) is 18.2 Å². The summed E-state index contributed by atoms with van der Waals surface area (Å²) >= 11 is 3.16. The Morgan fingerprint density at radius 2 is 1.76 bits per heavy atom. The molecule has 0 amide bonds. The monoisotopic (exact) mass is 359 g/mol. The number of ketones is 1. The lowest BCUT2D eigenvalue weighted by molar-refractivity contribution is -0.144. The molecule has 3 nitrogen and oxygen atoms in total. The molecule has 0 fully saturated rings. The van der Waals surface area contributed by atoms with E-state index >= 15 is 0 Å². The molecule has 0 radical (unpaired) electrons. The topological polar surface area (TPSA) is 39.1 Å². The summed E-state index contributed by atoms with van der Waals surface area (Å²) in [7, 11) is 0. The molecule has 0 saturated heterocycles. The quantitative estimate of drug-likeness (QED) is 0.786. The zero-order valence-corrected chi connectivity index (χ0v) is 12.1. The van der Waals surface area contributed by atoms with Crippen molar-refractivity contribution in [3.8, 4) is 0 Å². The molecular weight excluding hydrogens is 351 g/mol. The summed E-state index contributed by atoms with van der Waals surface area (Å²) in [5, 5.41) is 0. The predicted molar refractivity (Wildman–Crippen MR) is 74.2 cm³/mol. The Morgan fingerprint density at radius 1 is 1.10 bits per heavy atom. The number of hydrogen-bond donors (Lipinski definition) is 0.